The molecule has 11 nitrogen and oxygen atoms in total. The molecule has 2 aromatic rings. The monoisotopic (exact) mass is 918 g/mol. The Morgan fingerprint density at radius 2 is 1.75 bits per heavy atom. The predicted octanol–water partition coefficient (Wildman–Crippen LogP) is 9.73. The number of amidine groups is 1. The van der Waals surface area contributed by atoms with Crippen LogP contribution in [0, 0.1) is 23.1 Å². The number of pyridine rings is 1. The van der Waals surface area contributed by atoms with Crippen LogP contribution in [0.25, 0.3) is 0 Å². The lowest BCUT2D eigenvalue weighted by Gasteiger charge is -2.49. The fraction of sp³-hybridized carbons (Fsp3) is 0.614. The van der Waals surface area contributed by atoms with E-state index in [2.05, 4.69) is 59.6 Å². The Bertz CT molecular complexity index is 2180. The van der Waals surface area contributed by atoms with Crippen molar-refractivity contribution in [3.05, 3.63) is 74.3 Å². The zero-order chi connectivity index (χ0) is 44.9. The van der Waals surface area contributed by atoms with Gasteiger partial charge in [-0.15, -0.1) is 0 Å². The van der Waals surface area contributed by atoms with Crippen LogP contribution in [0.2, 0.25) is 28.3 Å². The van der Waals surface area contributed by atoms with Crippen LogP contribution in [0.1, 0.15) is 92.3 Å². The molecule has 3 amide bonds. The summed E-state index contributed by atoms with van der Waals surface area (Å²) in [6.45, 7) is 22.6. The van der Waals surface area contributed by atoms with Crippen molar-refractivity contribution in [2.45, 2.75) is 129 Å². The van der Waals surface area contributed by atoms with Crippen LogP contribution in [-0.2, 0) is 19.6 Å². The van der Waals surface area contributed by atoms with Crippen molar-refractivity contribution in [1.29, 1.82) is 0 Å². The van der Waals surface area contributed by atoms with E-state index >= 15 is 18.4 Å². The van der Waals surface area contributed by atoms with Crippen LogP contribution in [-0.4, -0.2) is 111 Å². The molecule has 1 saturated carbocycles. The molecule has 7 rings (SSSR count). The van der Waals surface area contributed by atoms with Gasteiger partial charge in [-0.05, 0) is 84.3 Å². The van der Waals surface area contributed by atoms with Gasteiger partial charge in [0.2, 0.25) is 5.91 Å². The molecule has 0 bridgehead atoms. The third-order valence-electron chi connectivity index (χ3n) is 14.0. The minimum Gasteiger partial charge on any atom is -0.465 e. The number of carbonyl (C=O) groups excluding carboxylic acids is 2. The number of fused-ring (bicyclic) bond motifs is 1. The number of carbonyl (C=O) groups is 3. The van der Waals surface area contributed by atoms with E-state index in [0.29, 0.717) is 32.9 Å². The fourth-order valence-corrected chi connectivity index (χ4v) is 12.3. The standard InChI is InChI=1S/C44H58Cl2F2N6O5SSi/c1-24(2)34-35(60-39-50-43(9,26-13-15-33(46)49-19-26)36(54(34)39)25-12-14-29(45)30(48)16-25)38(56)51-20-27(47)17-31(51)37(55)52-23-44(18-32(44)41(3,4)5)53(40(57)58)21-28(52)22-59-61(10,11)42(6,7)8/h12-16,19,24,27-28,31-32,36H,17-18,20-23H2,1-11H3,(H,57,58)/t27-,28-,31+,32?,36-,43+,44?/m1/s1. The first kappa shape index (κ1) is 45.8. The van der Waals surface area contributed by atoms with Gasteiger partial charge in [0.15, 0.2) is 13.5 Å². The molecule has 3 fully saturated rings. The number of thioether (sulfide) groups is 1. The largest absolute Gasteiger partial charge is 0.465 e. The third kappa shape index (κ3) is 8.01. The lowest BCUT2D eigenvalue weighted by Crippen LogP contribution is -2.67. The van der Waals surface area contributed by atoms with Gasteiger partial charge in [-0.25, -0.2) is 23.6 Å². The maximum Gasteiger partial charge on any atom is 0.407 e. The summed E-state index contributed by atoms with van der Waals surface area (Å²) in [7, 11) is -2.35. The number of hydrogen-bond donors (Lipinski definition) is 1. The number of aliphatic imine (C=N–C) groups is 1. The van der Waals surface area contributed by atoms with Gasteiger partial charge in [0.05, 0.1) is 35.8 Å². The molecule has 1 N–H and O–H groups in total. The summed E-state index contributed by atoms with van der Waals surface area (Å²) in [4.78, 5) is 59.6. The second-order valence-electron chi connectivity index (χ2n) is 20.4. The summed E-state index contributed by atoms with van der Waals surface area (Å²) in [5.41, 5.74) is -0.146. The number of likely N-dealkylation sites (tertiary alicyclic amines) is 1. The number of halogens is 4. The van der Waals surface area contributed by atoms with Crippen molar-refractivity contribution in [1.82, 2.24) is 24.6 Å². The van der Waals surface area contributed by atoms with Crippen molar-refractivity contribution >= 4 is 66.4 Å². The van der Waals surface area contributed by atoms with Crippen molar-refractivity contribution in [2.24, 2.45) is 22.2 Å². The summed E-state index contributed by atoms with van der Waals surface area (Å²) in [5.74, 6) is -1.78. The van der Waals surface area contributed by atoms with Gasteiger partial charge >= 0.3 is 6.09 Å². The van der Waals surface area contributed by atoms with Gasteiger partial charge in [0.25, 0.3) is 5.91 Å². The fourth-order valence-electron chi connectivity index (χ4n) is 9.63. The van der Waals surface area contributed by atoms with E-state index in [4.69, 9.17) is 32.6 Å². The molecule has 7 atom stereocenters. The molecule has 1 aliphatic carbocycles. The molecule has 332 valence electrons. The Hall–Kier alpha value is -3.24. The predicted molar refractivity (Wildman–Crippen MR) is 238 cm³/mol. The molecule has 2 saturated heterocycles. The van der Waals surface area contributed by atoms with Crippen molar-refractivity contribution in [3.63, 3.8) is 0 Å². The quantitative estimate of drug-likeness (QED) is 0.206. The van der Waals surface area contributed by atoms with E-state index in [9.17, 15) is 9.90 Å². The number of rotatable bonds is 8. The smallest absolute Gasteiger partial charge is 0.407 e. The highest BCUT2D eigenvalue weighted by molar-refractivity contribution is 8.18. The molecule has 0 radical (unpaired) electrons. The van der Waals surface area contributed by atoms with Gasteiger partial charge in [-0.2, -0.15) is 0 Å². The number of carboxylic acid groups (broad SMARTS) is 1. The van der Waals surface area contributed by atoms with Gasteiger partial charge < -0.3 is 24.2 Å². The molecule has 1 aromatic carbocycles. The number of piperazine rings is 1. The molecule has 61 heavy (non-hydrogen) atoms. The van der Waals surface area contributed by atoms with Crippen LogP contribution >= 0.6 is 35.0 Å². The number of alkyl halides is 1. The molecular formula is C44H58Cl2F2N6O5SSi. The van der Waals surface area contributed by atoms with Crippen LogP contribution in [0.4, 0.5) is 13.6 Å². The minimum absolute atomic E-state index is 0.0109. The van der Waals surface area contributed by atoms with E-state index < -0.39 is 67.4 Å². The van der Waals surface area contributed by atoms with Crippen LogP contribution in [0.15, 0.2) is 52.1 Å². The molecule has 4 aliphatic heterocycles. The first-order valence-corrected chi connectivity index (χ1v) is 25.5. The van der Waals surface area contributed by atoms with Crippen molar-refractivity contribution in [2.75, 3.05) is 26.2 Å². The normalized spacial score (nSPS) is 29.2. The van der Waals surface area contributed by atoms with E-state index in [1.165, 1.54) is 21.9 Å². The molecular weight excluding hydrogens is 862 g/mol. The van der Waals surface area contributed by atoms with Crippen LogP contribution < -0.4 is 0 Å². The van der Waals surface area contributed by atoms with Gasteiger partial charge in [0.1, 0.15) is 33.6 Å². The molecule has 5 heterocycles. The summed E-state index contributed by atoms with van der Waals surface area (Å²) in [6, 6.07) is 5.69. The Balaban J connectivity index is 1.26. The molecule has 17 heteroatoms. The third-order valence-corrected chi connectivity index (χ3v) is 20.1. The van der Waals surface area contributed by atoms with E-state index in [-0.39, 0.29) is 60.0 Å². The van der Waals surface area contributed by atoms with Gasteiger partial charge in [-0.3, -0.25) is 14.5 Å². The number of hydrogen-bond acceptors (Lipinski definition) is 8. The zero-order valence-corrected chi connectivity index (χ0v) is 40.2. The molecule has 1 aromatic heterocycles. The number of nitrogens with zero attached hydrogens (tertiary/aromatic N) is 6. The molecule has 1 spiro atoms. The highest BCUT2D eigenvalue weighted by Gasteiger charge is 2.67. The average molecular weight is 920 g/mol. The number of aromatic nitrogens is 1. The minimum atomic E-state index is -2.35. The maximum absolute atomic E-state index is 15.9. The zero-order valence-electron chi connectivity index (χ0n) is 36.9. The lowest BCUT2D eigenvalue weighted by atomic mass is 9.81. The summed E-state index contributed by atoms with van der Waals surface area (Å²) >= 11 is 13.5. The second-order valence-corrected chi connectivity index (χ2v) is 27.0. The van der Waals surface area contributed by atoms with Crippen molar-refractivity contribution < 1.29 is 32.7 Å². The summed E-state index contributed by atoms with van der Waals surface area (Å²) in [6.07, 6.45) is -0.472. The topological polar surface area (TPSA) is 119 Å². The Morgan fingerprint density at radius 1 is 1.07 bits per heavy atom. The molecule has 5 aliphatic rings. The van der Waals surface area contributed by atoms with E-state index in [0.717, 1.165) is 17.3 Å². The van der Waals surface area contributed by atoms with Gasteiger partial charge in [0, 0.05) is 37.0 Å². The Kier molecular flexibility index (Phi) is 11.8. The maximum atomic E-state index is 15.9. The highest BCUT2D eigenvalue weighted by atomic mass is 35.5. The SMILES string of the molecule is CC(C)C1=C(C(=O)N2C[C@H](F)C[C@H]2C(=O)N2CC3(CC3C(C)(C)C)N(C(=O)O)C[C@@H]2CO[Si](C)(C)C(C)(C)C)SC2=N[C@@](C)(c3ccc(Cl)nc3)[C@@H](c3ccc(Cl)c(F)c3)N21. The highest BCUT2D eigenvalue weighted by Crippen LogP contribution is 2.60. The first-order chi connectivity index (χ1) is 28.2. The summed E-state index contributed by atoms with van der Waals surface area (Å²) in [5, 5.41) is 11.2. The Morgan fingerprint density at radius 3 is 2.31 bits per heavy atom. The number of benzene rings is 1. The Labute approximate surface area is 373 Å². The summed E-state index contributed by atoms with van der Waals surface area (Å²) < 4.78 is 37.7. The number of allylic oxidation sites excluding steroid dienone is 1. The average Bonchev–Trinajstić information content (AvgIpc) is 3.41. The van der Waals surface area contributed by atoms with E-state index in [1.54, 1.807) is 23.2 Å². The molecule has 2 unspecified atom stereocenters. The van der Waals surface area contributed by atoms with Crippen molar-refractivity contribution in [3.8, 4) is 0 Å². The second kappa shape index (κ2) is 15.8. The lowest BCUT2D eigenvalue weighted by molar-refractivity contribution is -0.148. The van der Waals surface area contributed by atoms with Crippen LogP contribution in [0.5, 0.6) is 0 Å². The first-order valence-electron chi connectivity index (χ1n) is 21.0. The van der Waals surface area contributed by atoms with Gasteiger partial charge in [-0.1, -0.05) is 90.7 Å². The number of amides is 3. The van der Waals surface area contributed by atoms with Crippen LogP contribution in [0.3, 0.4) is 0 Å². The van der Waals surface area contributed by atoms with E-state index in [1.807, 2.05) is 31.7 Å².